The summed E-state index contributed by atoms with van der Waals surface area (Å²) >= 11 is 1.64. The van der Waals surface area contributed by atoms with Gasteiger partial charge in [0, 0.05) is 30.3 Å². The molecule has 21 heavy (non-hydrogen) atoms. The SMILES string of the molecule is CCCN1CCOC(C(O)Cc2nc(C(C)(C)C)cs2)C1. The molecule has 1 N–H and O–H groups in total. The zero-order valence-corrected chi connectivity index (χ0v) is 14.4. The molecule has 0 bridgehead atoms. The van der Waals surface area contributed by atoms with E-state index in [2.05, 4.69) is 43.0 Å². The lowest BCUT2D eigenvalue weighted by atomic mass is 9.93. The monoisotopic (exact) mass is 312 g/mol. The first kappa shape index (κ1) is 16.9. The van der Waals surface area contributed by atoms with Gasteiger partial charge in [-0.05, 0) is 13.0 Å². The van der Waals surface area contributed by atoms with Gasteiger partial charge < -0.3 is 9.84 Å². The number of morpholine rings is 1. The number of hydrogen-bond acceptors (Lipinski definition) is 5. The largest absolute Gasteiger partial charge is 0.390 e. The first-order valence-corrected chi connectivity index (χ1v) is 8.75. The molecule has 1 aromatic heterocycles. The number of aliphatic hydroxyl groups is 1. The molecule has 1 aromatic rings. The number of aliphatic hydroxyl groups excluding tert-OH is 1. The van der Waals surface area contributed by atoms with Gasteiger partial charge in [0.1, 0.15) is 0 Å². The summed E-state index contributed by atoms with van der Waals surface area (Å²) in [6.45, 7) is 12.3. The van der Waals surface area contributed by atoms with Crippen molar-refractivity contribution < 1.29 is 9.84 Å². The van der Waals surface area contributed by atoms with E-state index >= 15 is 0 Å². The molecule has 4 nitrogen and oxygen atoms in total. The van der Waals surface area contributed by atoms with Crippen molar-refractivity contribution in [2.75, 3.05) is 26.2 Å². The van der Waals surface area contributed by atoms with Gasteiger partial charge in [0.2, 0.25) is 0 Å². The van der Waals surface area contributed by atoms with Gasteiger partial charge in [0.25, 0.3) is 0 Å². The lowest BCUT2D eigenvalue weighted by molar-refractivity contribution is -0.0877. The molecule has 0 amide bonds. The average molecular weight is 312 g/mol. The summed E-state index contributed by atoms with van der Waals surface area (Å²) < 4.78 is 5.75. The molecule has 0 spiro atoms. The number of nitrogens with zero attached hydrogens (tertiary/aromatic N) is 2. The van der Waals surface area contributed by atoms with Crippen molar-refractivity contribution in [3.63, 3.8) is 0 Å². The van der Waals surface area contributed by atoms with Gasteiger partial charge in [-0.2, -0.15) is 0 Å². The highest BCUT2D eigenvalue weighted by molar-refractivity contribution is 7.09. The van der Waals surface area contributed by atoms with E-state index in [1.807, 2.05) is 0 Å². The van der Waals surface area contributed by atoms with Crippen LogP contribution in [-0.4, -0.2) is 53.4 Å². The van der Waals surface area contributed by atoms with Gasteiger partial charge in [-0.3, -0.25) is 4.90 Å². The summed E-state index contributed by atoms with van der Waals surface area (Å²) in [6, 6.07) is 0. The minimum Gasteiger partial charge on any atom is -0.390 e. The fraction of sp³-hybridized carbons (Fsp3) is 0.812. The Labute approximate surface area is 132 Å². The predicted octanol–water partition coefficient (Wildman–Crippen LogP) is 2.45. The molecule has 0 saturated carbocycles. The normalized spacial score (nSPS) is 22.4. The first-order chi connectivity index (χ1) is 9.90. The Morgan fingerprint density at radius 1 is 1.52 bits per heavy atom. The van der Waals surface area contributed by atoms with E-state index in [1.165, 1.54) is 0 Å². The van der Waals surface area contributed by atoms with Gasteiger partial charge in [0.05, 0.1) is 29.5 Å². The number of thiazole rings is 1. The molecule has 1 aliphatic rings. The van der Waals surface area contributed by atoms with Crippen LogP contribution in [0.25, 0.3) is 0 Å². The molecule has 2 heterocycles. The summed E-state index contributed by atoms with van der Waals surface area (Å²) in [7, 11) is 0. The van der Waals surface area contributed by atoms with Crippen molar-refractivity contribution in [3.8, 4) is 0 Å². The van der Waals surface area contributed by atoms with Crippen molar-refractivity contribution in [3.05, 3.63) is 16.1 Å². The first-order valence-electron chi connectivity index (χ1n) is 7.87. The third-order valence-corrected chi connectivity index (χ3v) is 4.72. The van der Waals surface area contributed by atoms with Crippen LogP contribution in [0.15, 0.2) is 5.38 Å². The van der Waals surface area contributed by atoms with Crippen LogP contribution in [0.5, 0.6) is 0 Å². The minimum absolute atomic E-state index is 0.0684. The Morgan fingerprint density at radius 2 is 2.29 bits per heavy atom. The van der Waals surface area contributed by atoms with Gasteiger partial charge in [-0.15, -0.1) is 11.3 Å². The van der Waals surface area contributed by atoms with Gasteiger partial charge in [-0.1, -0.05) is 27.7 Å². The van der Waals surface area contributed by atoms with Crippen LogP contribution in [-0.2, 0) is 16.6 Å². The quantitative estimate of drug-likeness (QED) is 0.907. The van der Waals surface area contributed by atoms with E-state index in [0.29, 0.717) is 13.0 Å². The second-order valence-electron chi connectivity index (χ2n) is 6.86. The number of ether oxygens (including phenoxy) is 1. The van der Waals surface area contributed by atoms with E-state index in [1.54, 1.807) is 11.3 Å². The average Bonchev–Trinajstić information content (AvgIpc) is 2.88. The Hall–Kier alpha value is -0.490. The molecular formula is C16H28N2O2S. The molecule has 0 aliphatic carbocycles. The molecular weight excluding hydrogens is 284 g/mol. The smallest absolute Gasteiger partial charge is 0.0965 e. The summed E-state index contributed by atoms with van der Waals surface area (Å²) in [5, 5.41) is 13.5. The van der Waals surface area contributed by atoms with Crippen LogP contribution in [0, 0.1) is 0 Å². The Balaban J connectivity index is 1.91. The van der Waals surface area contributed by atoms with Crippen LogP contribution in [0.1, 0.15) is 44.8 Å². The molecule has 2 atom stereocenters. The van der Waals surface area contributed by atoms with Crippen molar-refractivity contribution >= 4 is 11.3 Å². The zero-order chi connectivity index (χ0) is 15.5. The van der Waals surface area contributed by atoms with Crippen LogP contribution in [0.4, 0.5) is 0 Å². The van der Waals surface area contributed by atoms with Crippen molar-refractivity contribution in [2.24, 2.45) is 0 Å². The Kier molecular flexibility index (Phi) is 5.77. The summed E-state index contributed by atoms with van der Waals surface area (Å²) in [6.07, 6.45) is 1.17. The van der Waals surface area contributed by atoms with E-state index in [4.69, 9.17) is 4.74 Å². The summed E-state index contributed by atoms with van der Waals surface area (Å²) in [5.41, 5.74) is 1.17. The lowest BCUT2D eigenvalue weighted by Gasteiger charge is -2.34. The Bertz CT molecular complexity index is 440. The second kappa shape index (κ2) is 7.18. The van der Waals surface area contributed by atoms with Crippen LogP contribution in [0.3, 0.4) is 0 Å². The molecule has 1 aliphatic heterocycles. The third kappa shape index (κ3) is 4.74. The lowest BCUT2D eigenvalue weighted by Crippen LogP contribution is -2.48. The van der Waals surface area contributed by atoms with Gasteiger partial charge >= 0.3 is 0 Å². The molecule has 0 radical (unpaired) electrons. The van der Waals surface area contributed by atoms with Crippen LogP contribution < -0.4 is 0 Å². The maximum Gasteiger partial charge on any atom is 0.0965 e. The predicted molar refractivity (Wildman–Crippen MR) is 87.0 cm³/mol. The number of aromatic nitrogens is 1. The van der Waals surface area contributed by atoms with E-state index in [9.17, 15) is 5.11 Å². The molecule has 120 valence electrons. The molecule has 2 rings (SSSR count). The fourth-order valence-electron chi connectivity index (χ4n) is 2.54. The fourth-order valence-corrected chi connectivity index (χ4v) is 3.62. The van der Waals surface area contributed by atoms with E-state index in [0.717, 1.165) is 36.8 Å². The summed E-state index contributed by atoms with van der Waals surface area (Å²) in [5.74, 6) is 0. The van der Waals surface area contributed by atoms with Crippen molar-refractivity contribution in [2.45, 2.75) is 58.2 Å². The number of rotatable bonds is 5. The topological polar surface area (TPSA) is 45.6 Å². The maximum atomic E-state index is 10.4. The minimum atomic E-state index is -0.469. The van der Waals surface area contributed by atoms with E-state index in [-0.39, 0.29) is 11.5 Å². The van der Waals surface area contributed by atoms with Gasteiger partial charge in [0.15, 0.2) is 0 Å². The van der Waals surface area contributed by atoms with Crippen molar-refractivity contribution in [1.82, 2.24) is 9.88 Å². The van der Waals surface area contributed by atoms with E-state index < -0.39 is 6.10 Å². The second-order valence-corrected chi connectivity index (χ2v) is 7.80. The molecule has 0 aromatic carbocycles. The zero-order valence-electron chi connectivity index (χ0n) is 13.6. The summed E-state index contributed by atoms with van der Waals surface area (Å²) in [4.78, 5) is 7.04. The molecule has 1 fully saturated rings. The van der Waals surface area contributed by atoms with Crippen molar-refractivity contribution in [1.29, 1.82) is 0 Å². The highest BCUT2D eigenvalue weighted by Crippen LogP contribution is 2.25. The third-order valence-electron chi connectivity index (χ3n) is 3.85. The molecule has 2 unspecified atom stereocenters. The standard InChI is InChI=1S/C16H28N2O2S/c1-5-6-18-7-8-20-13(10-18)12(19)9-15-17-14(11-21-15)16(2,3)4/h11-13,19H,5-10H2,1-4H3. The Morgan fingerprint density at radius 3 is 2.90 bits per heavy atom. The highest BCUT2D eigenvalue weighted by atomic mass is 32.1. The molecule has 1 saturated heterocycles. The number of hydrogen-bond donors (Lipinski definition) is 1. The van der Waals surface area contributed by atoms with Crippen LogP contribution >= 0.6 is 11.3 Å². The molecule has 5 heteroatoms. The van der Waals surface area contributed by atoms with Crippen LogP contribution in [0.2, 0.25) is 0 Å². The maximum absolute atomic E-state index is 10.4. The highest BCUT2D eigenvalue weighted by Gasteiger charge is 2.27. The van der Waals surface area contributed by atoms with Gasteiger partial charge in [-0.25, -0.2) is 4.98 Å².